The van der Waals surface area contributed by atoms with Crippen LogP contribution >= 0.6 is 0 Å². The standard InChI is InChI=1S/C30H33N5O3S/c1-21(2)26-11-4-5-12-27(26)28-20-29(38-24-15-13-23(14-16-24)35-17-6-3-7-18-35)33-30(32-28)34-39(36,37)25-10-8-9-22(31)19-25/h4-5,8-16,19-21H,3,6-7,17-18,31H2,1-2H3,(H,32,33,34). The number of piperidine rings is 1. The van der Waals surface area contributed by atoms with Crippen molar-refractivity contribution >= 4 is 27.3 Å². The van der Waals surface area contributed by atoms with Crippen LogP contribution in [-0.4, -0.2) is 31.5 Å². The quantitative estimate of drug-likeness (QED) is 0.246. The highest BCUT2D eigenvalue weighted by Gasteiger charge is 2.19. The van der Waals surface area contributed by atoms with Gasteiger partial charge in [0.25, 0.3) is 10.0 Å². The lowest BCUT2D eigenvalue weighted by molar-refractivity contribution is 0.463. The zero-order valence-electron chi connectivity index (χ0n) is 22.2. The van der Waals surface area contributed by atoms with Crippen molar-refractivity contribution in [2.24, 2.45) is 0 Å². The molecule has 2 heterocycles. The topological polar surface area (TPSA) is 110 Å². The largest absolute Gasteiger partial charge is 0.439 e. The molecule has 8 nitrogen and oxygen atoms in total. The number of hydrogen-bond acceptors (Lipinski definition) is 7. The number of nitrogen functional groups attached to an aromatic ring is 1. The summed E-state index contributed by atoms with van der Waals surface area (Å²) < 4.78 is 34.9. The first-order chi connectivity index (χ1) is 18.8. The van der Waals surface area contributed by atoms with Gasteiger partial charge in [-0.25, -0.2) is 18.1 Å². The van der Waals surface area contributed by atoms with Crippen LogP contribution in [0.1, 0.15) is 44.6 Å². The van der Waals surface area contributed by atoms with Crippen LogP contribution in [0.2, 0.25) is 0 Å². The Morgan fingerprint density at radius 3 is 2.36 bits per heavy atom. The Bertz CT molecular complexity index is 1550. The smallest absolute Gasteiger partial charge is 0.264 e. The van der Waals surface area contributed by atoms with Gasteiger partial charge in [0.05, 0.1) is 10.6 Å². The molecule has 0 bridgehead atoms. The van der Waals surface area contributed by atoms with Gasteiger partial charge in [0.1, 0.15) is 5.75 Å². The molecule has 202 valence electrons. The van der Waals surface area contributed by atoms with Crippen molar-refractivity contribution < 1.29 is 13.2 Å². The van der Waals surface area contributed by atoms with Gasteiger partial charge < -0.3 is 15.4 Å². The van der Waals surface area contributed by atoms with Crippen LogP contribution in [0.15, 0.2) is 83.8 Å². The lowest BCUT2D eigenvalue weighted by Gasteiger charge is -2.28. The van der Waals surface area contributed by atoms with Gasteiger partial charge in [-0.05, 0) is 73.2 Å². The first-order valence-electron chi connectivity index (χ1n) is 13.2. The van der Waals surface area contributed by atoms with E-state index in [0.717, 1.165) is 29.9 Å². The van der Waals surface area contributed by atoms with Crippen LogP contribution in [0.5, 0.6) is 11.6 Å². The average molecular weight is 544 g/mol. The summed E-state index contributed by atoms with van der Waals surface area (Å²) in [6.45, 7) is 6.32. The maximum Gasteiger partial charge on any atom is 0.264 e. The molecule has 1 aromatic heterocycles. The van der Waals surface area contributed by atoms with E-state index < -0.39 is 10.0 Å². The van der Waals surface area contributed by atoms with Crippen molar-refractivity contribution in [2.75, 3.05) is 28.4 Å². The number of nitrogens with zero attached hydrogens (tertiary/aromatic N) is 3. The molecule has 5 rings (SSSR count). The van der Waals surface area contributed by atoms with Gasteiger partial charge in [0.15, 0.2) is 0 Å². The zero-order chi connectivity index (χ0) is 27.4. The van der Waals surface area contributed by atoms with Crippen molar-refractivity contribution in [2.45, 2.75) is 43.9 Å². The third-order valence-electron chi connectivity index (χ3n) is 6.74. The number of sulfonamides is 1. The highest BCUT2D eigenvalue weighted by molar-refractivity contribution is 7.92. The first-order valence-corrected chi connectivity index (χ1v) is 14.7. The number of nitrogens with one attached hydrogen (secondary N) is 1. The second-order valence-corrected chi connectivity index (χ2v) is 11.7. The molecule has 0 radical (unpaired) electrons. The van der Waals surface area contributed by atoms with Crippen molar-refractivity contribution in [3.63, 3.8) is 0 Å². The molecule has 3 N–H and O–H groups in total. The summed E-state index contributed by atoms with van der Waals surface area (Å²) in [5.41, 5.74) is 9.83. The number of ether oxygens (including phenoxy) is 1. The van der Waals surface area contributed by atoms with Gasteiger partial charge in [-0.3, -0.25) is 0 Å². The molecule has 1 aliphatic rings. The van der Waals surface area contributed by atoms with Crippen LogP contribution in [0.3, 0.4) is 0 Å². The lowest BCUT2D eigenvalue weighted by Crippen LogP contribution is -2.29. The molecule has 0 saturated carbocycles. The van der Waals surface area contributed by atoms with Gasteiger partial charge in [-0.15, -0.1) is 0 Å². The van der Waals surface area contributed by atoms with E-state index in [2.05, 4.69) is 33.4 Å². The second-order valence-electron chi connectivity index (χ2n) is 9.98. The molecule has 3 aromatic carbocycles. The summed E-state index contributed by atoms with van der Waals surface area (Å²) in [6.07, 6.45) is 3.68. The molecule has 4 aromatic rings. The van der Waals surface area contributed by atoms with E-state index >= 15 is 0 Å². The van der Waals surface area contributed by atoms with Gasteiger partial charge in [0, 0.05) is 36.1 Å². The summed E-state index contributed by atoms with van der Waals surface area (Å²) in [5, 5.41) is 0. The van der Waals surface area contributed by atoms with E-state index in [0.29, 0.717) is 17.1 Å². The number of aromatic nitrogens is 2. The predicted molar refractivity (Wildman–Crippen MR) is 156 cm³/mol. The van der Waals surface area contributed by atoms with Crippen molar-refractivity contribution in [3.05, 3.63) is 84.4 Å². The van der Waals surface area contributed by atoms with Gasteiger partial charge >= 0.3 is 0 Å². The van der Waals surface area contributed by atoms with E-state index in [9.17, 15) is 8.42 Å². The number of anilines is 3. The Morgan fingerprint density at radius 2 is 1.64 bits per heavy atom. The van der Waals surface area contributed by atoms with Gasteiger partial charge in [0.2, 0.25) is 11.8 Å². The average Bonchev–Trinajstić information content (AvgIpc) is 2.93. The summed E-state index contributed by atoms with van der Waals surface area (Å²) >= 11 is 0. The third kappa shape index (κ3) is 6.31. The van der Waals surface area contributed by atoms with Crippen LogP contribution in [0.25, 0.3) is 11.3 Å². The summed E-state index contributed by atoms with van der Waals surface area (Å²) in [5.74, 6) is 0.973. The molecule has 1 saturated heterocycles. The fourth-order valence-corrected chi connectivity index (χ4v) is 5.75. The van der Waals surface area contributed by atoms with Gasteiger partial charge in [-0.2, -0.15) is 4.98 Å². The molecule has 1 aliphatic heterocycles. The molecular weight excluding hydrogens is 510 g/mol. The molecule has 0 amide bonds. The molecule has 0 aliphatic carbocycles. The van der Waals surface area contributed by atoms with E-state index in [1.165, 1.54) is 31.4 Å². The van der Waals surface area contributed by atoms with E-state index in [-0.39, 0.29) is 22.6 Å². The third-order valence-corrected chi connectivity index (χ3v) is 8.06. The molecule has 0 atom stereocenters. The molecule has 39 heavy (non-hydrogen) atoms. The molecule has 9 heteroatoms. The van der Waals surface area contributed by atoms with E-state index in [4.69, 9.17) is 10.5 Å². The minimum atomic E-state index is -3.99. The van der Waals surface area contributed by atoms with Crippen LogP contribution < -0.4 is 20.1 Å². The highest BCUT2D eigenvalue weighted by Crippen LogP contribution is 2.32. The minimum absolute atomic E-state index is 0.0230. The molecular formula is C30H33N5O3S. The summed E-state index contributed by atoms with van der Waals surface area (Å²) in [7, 11) is -3.99. The van der Waals surface area contributed by atoms with Gasteiger partial charge in [-0.1, -0.05) is 44.2 Å². The van der Waals surface area contributed by atoms with Crippen LogP contribution in [0, 0.1) is 0 Å². The van der Waals surface area contributed by atoms with Crippen LogP contribution in [-0.2, 0) is 10.0 Å². The zero-order valence-corrected chi connectivity index (χ0v) is 23.0. The predicted octanol–water partition coefficient (Wildman–Crippen LogP) is 6.43. The highest BCUT2D eigenvalue weighted by atomic mass is 32.2. The number of hydrogen-bond donors (Lipinski definition) is 2. The number of nitrogens with two attached hydrogens (primary N) is 1. The maximum absolute atomic E-state index is 13.1. The lowest BCUT2D eigenvalue weighted by atomic mass is 9.95. The van der Waals surface area contributed by atoms with E-state index in [1.54, 1.807) is 18.2 Å². The Morgan fingerprint density at radius 1 is 0.897 bits per heavy atom. The SMILES string of the molecule is CC(C)c1ccccc1-c1cc(Oc2ccc(N3CCCCC3)cc2)nc(NS(=O)(=O)c2cccc(N)c2)n1. The molecule has 1 fully saturated rings. The van der Waals surface area contributed by atoms with Crippen molar-refractivity contribution in [3.8, 4) is 22.9 Å². The number of benzene rings is 3. The Kier molecular flexibility index (Phi) is 7.70. The normalized spacial score (nSPS) is 13.9. The van der Waals surface area contributed by atoms with E-state index in [1.807, 2.05) is 48.5 Å². The Balaban J connectivity index is 1.50. The van der Waals surface area contributed by atoms with Crippen molar-refractivity contribution in [1.82, 2.24) is 9.97 Å². The summed E-state index contributed by atoms with van der Waals surface area (Å²) in [6, 6.07) is 23.6. The Labute approximate surface area is 229 Å². The second kappa shape index (κ2) is 11.3. The first kappa shape index (κ1) is 26.5. The Hall–Kier alpha value is -4.11. The monoisotopic (exact) mass is 543 g/mol. The fraction of sp³-hybridized carbons (Fsp3) is 0.267. The summed E-state index contributed by atoms with van der Waals surface area (Å²) in [4.78, 5) is 11.4. The number of rotatable bonds is 8. The molecule has 0 unspecified atom stereocenters. The maximum atomic E-state index is 13.1. The fourth-order valence-electron chi connectivity index (χ4n) is 4.75. The van der Waals surface area contributed by atoms with Crippen LogP contribution in [0.4, 0.5) is 17.3 Å². The molecule has 0 spiro atoms. The minimum Gasteiger partial charge on any atom is -0.439 e. The van der Waals surface area contributed by atoms with Crippen molar-refractivity contribution in [1.29, 1.82) is 0 Å².